The van der Waals surface area contributed by atoms with Gasteiger partial charge < -0.3 is 15.5 Å². The van der Waals surface area contributed by atoms with Gasteiger partial charge in [0.1, 0.15) is 11.6 Å². The molecule has 0 bridgehead atoms. The molecule has 0 unspecified atom stereocenters. The molecule has 0 aliphatic heterocycles. The number of halogens is 1. The van der Waals surface area contributed by atoms with Gasteiger partial charge in [-0.3, -0.25) is 9.78 Å². The summed E-state index contributed by atoms with van der Waals surface area (Å²) < 4.78 is 13.0. The lowest BCUT2D eigenvalue weighted by Crippen LogP contribution is -2.14. The number of carbonyl (C=O) groups is 1. The van der Waals surface area contributed by atoms with Gasteiger partial charge in [0.15, 0.2) is 0 Å². The Kier molecular flexibility index (Phi) is 3.72. The summed E-state index contributed by atoms with van der Waals surface area (Å²) in [6.45, 7) is -0.271. The fourth-order valence-corrected chi connectivity index (χ4v) is 1.55. The van der Waals surface area contributed by atoms with Gasteiger partial charge in [-0.15, -0.1) is 0 Å². The number of amides is 1. The summed E-state index contributed by atoms with van der Waals surface area (Å²) in [7, 11) is 0. The van der Waals surface area contributed by atoms with Crippen LogP contribution in [0.4, 0.5) is 10.1 Å². The van der Waals surface area contributed by atoms with Gasteiger partial charge >= 0.3 is 0 Å². The van der Waals surface area contributed by atoms with Crippen molar-refractivity contribution >= 4 is 11.6 Å². The number of aliphatic hydroxyl groups is 1. The molecule has 1 aromatic carbocycles. The van der Waals surface area contributed by atoms with Crippen LogP contribution in [0.5, 0.6) is 5.75 Å². The molecule has 0 radical (unpaired) electrons. The Morgan fingerprint density at radius 1 is 1.37 bits per heavy atom. The second-order valence-corrected chi connectivity index (χ2v) is 3.81. The van der Waals surface area contributed by atoms with Crippen molar-refractivity contribution in [3.63, 3.8) is 0 Å². The molecule has 1 aromatic heterocycles. The van der Waals surface area contributed by atoms with Crippen molar-refractivity contribution in [2.45, 2.75) is 6.61 Å². The van der Waals surface area contributed by atoms with E-state index in [-0.39, 0.29) is 17.9 Å². The van der Waals surface area contributed by atoms with Crippen LogP contribution in [-0.4, -0.2) is 21.1 Å². The average Bonchev–Trinajstić information content (AvgIpc) is 2.42. The highest BCUT2D eigenvalue weighted by Gasteiger charge is 2.14. The second kappa shape index (κ2) is 5.45. The number of carbonyl (C=O) groups excluding carboxylic acids is 1. The monoisotopic (exact) mass is 262 g/mol. The summed E-state index contributed by atoms with van der Waals surface area (Å²) in [5.74, 6) is -1.63. The van der Waals surface area contributed by atoms with E-state index < -0.39 is 11.7 Å². The maximum absolute atomic E-state index is 13.0. The SMILES string of the molecule is O=C(Nc1cnccc1CO)c1cc(F)ccc1O. The number of hydrogen-bond donors (Lipinski definition) is 3. The Bertz CT molecular complexity index is 617. The Morgan fingerprint density at radius 3 is 2.89 bits per heavy atom. The summed E-state index contributed by atoms with van der Waals surface area (Å²) in [6.07, 6.45) is 2.83. The largest absolute Gasteiger partial charge is 0.507 e. The molecule has 0 aliphatic carbocycles. The maximum atomic E-state index is 13.0. The summed E-state index contributed by atoms with van der Waals surface area (Å²) >= 11 is 0. The number of aliphatic hydroxyl groups excluding tert-OH is 1. The van der Waals surface area contributed by atoms with Crippen LogP contribution in [0.1, 0.15) is 15.9 Å². The van der Waals surface area contributed by atoms with Crippen molar-refractivity contribution in [3.05, 3.63) is 53.6 Å². The van der Waals surface area contributed by atoms with Gasteiger partial charge in [0.05, 0.1) is 24.1 Å². The number of phenolic OH excluding ortho intramolecular Hbond substituents is 1. The van der Waals surface area contributed by atoms with E-state index in [1.165, 1.54) is 12.4 Å². The lowest BCUT2D eigenvalue weighted by molar-refractivity contribution is 0.102. The van der Waals surface area contributed by atoms with Crippen LogP contribution in [0.2, 0.25) is 0 Å². The Labute approximate surface area is 108 Å². The average molecular weight is 262 g/mol. The van der Waals surface area contributed by atoms with Gasteiger partial charge in [0.2, 0.25) is 0 Å². The minimum absolute atomic E-state index is 0.187. The maximum Gasteiger partial charge on any atom is 0.259 e. The van der Waals surface area contributed by atoms with Crippen LogP contribution in [0.25, 0.3) is 0 Å². The summed E-state index contributed by atoms with van der Waals surface area (Å²) in [5, 5.41) is 21.1. The molecular formula is C13H11FN2O3. The third-order valence-electron chi connectivity index (χ3n) is 2.53. The zero-order chi connectivity index (χ0) is 13.8. The van der Waals surface area contributed by atoms with Gasteiger partial charge in [0.25, 0.3) is 5.91 Å². The number of nitrogens with zero attached hydrogens (tertiary/aromatic N) is 1. The highest BCUT2D eigenvalue weighted by atomic mass is 19.1. The molecule has 98 valence electrons. The molecule has 3 N–H and O–H groups in total. The predicted molar refractivity (Wildman–Crippen MR) is 66.2 cm³/mol. The molecule has 0 fully saturated rings. The van der Waals surface area contributed by atoms with Gasteiger partial charge in [-0.2, -0.15) is 0 Å². The van der Waals surface area contributed by atoms with Gasteiger partial charge in [0, 0.05) is 11.8 Å². The molecule has 1 heterocycles. The summed E-state index contributed by atoms with van der Waals surface area (Å²) in [4.78, 5) is 15.7. The Morgan fingerprint density at radius 2 is 2.16 bits per heavy atom. The van der Waals surface area contributed by atoms with Crippen LogP contribution >= 0.6 is 0 Å². The number of benzene rings is 1. The van der Waals surface area contributed by atoms with Gasteiger partial charge in [-0.05, 0) is 24.3 Å². The lowest BCUT2D eigenvalue weighted by atomic mass is 10.1. The van der Waals surface area contributed by atoms with Crippen molar-refractivity contribution in [2.75, 3.05) is 5.32 Å². The number of nitrogens with one attached hydrogen (secondary N) is 1. The van der Waals surface area contributed by atoms with E-state index >= 15 is 0 Å². The summed E-state index contributed by atoms with van der Waals surface area (Å²) in [6, 6.07) is 4.62. The zero-order valence-electron chi connectivity index (χ0n) is 9.80. The van der Waals surface area contributed by atoms with Crippen LogP contribution in [-0.2, 0) is 6.61 Å². The fraction of sp³-hybridized carbons (Fsp3) is 0.0769. The number of aromatic hydroxyl groups is 1. The van der Waals surface area contributed by atoms with E-state index in [2.05, 4.69) is 10.3 Å². The number of hydrogen-bond acceptors (Lipinski definition) is 4. The normalized spacial score (nSPS) is 10.2. The molecular weight excluding hydrogens is 251 g/mol. The minimum atomic E-state index is -0.681. The van der Waals surface area contributed by atoms with E-state index in [1.807, 2.05) is 0 Å². The molecule has 2 rings (SSSR count). The van der Waals surface area contributed by atoms with E-state index in [1.54, 1.807) is 6.07 Å². The number of anilines is 1. The molecule has 19 heavy (non-hydrogen) atoms. The number of aromatic nitrogens is 1. The standard InChI is InChI=1S/C13H11FN2O3/c14-9-1-2-12(18)10(5-9)13(19)16-11-6-15-4-3-8(11)7-17/h1-6,17-18H,7H2,(H,16,19). The van der Waals surface area contributed by atoms with E-state index in [4.69, 9.17) is 5.11 Å². The van der Waals surface area contributed by atoms with Crippen molar-refractivity contribution in [2.24, 2.45) is 0 Å². The van der Waals surface area contributed by atoms with Crippen molar-refractivity contribution in [1.82, 2.24) is 4.98 Å². The number of phenols is 1. The molecule has 2 aromatic rings. The Balaban J connectivity index is 2.28. The van der Waals surface area contributed by atoms with E-state index in [9.17, 15) is 14.3 Å². The first kappa shape index (κ1) is 13.0. The first-order valence-electron chi connectivity index (χ1n) is 5.45. The molecule has 0 spiro atoms. The molecule has 0 saturated carbocycles. The van der Waals surface area contributed by atoms with Crippen LogP contribution < -0.4 is 5.32 Å². The van der Waals surface area contributed by atoms with Crippen LogP contribution in [0.15, 0.2) is 36.7 Å². The molecule has 0 aliphatic rings. The Hall–Kier alpha value is -2.47. The third-order valence-corrected chi connectivity index (χ3v) is 2.53. The van der Waals surface area contributed by atoms with Crippen molar-refractivity contribution in [1.29, 1.82) is 0 Å². The van der Waals surface area contributed by atoms with E-state index in [0.717, 1.165) is 18.2 Å². The molecule has 5 nitrogen and oxygen atoms in total. The molecule has 6 heteroatoms. The minimum Gasteiger partial charge on any atom is -0.507 e. The topological polar surface area (TPSA) is 82.5 Å². The molecule has 1 amide bonds. The second-order valence-electron chi connectivity index (χ2n) is 3.81. The quantitative estimate of drug-likeness (QED) is 0.785. The van der Waals surface area contributed by atoms with Crippen LogP contribution in [0, 0.1) is 5.82 Å². The fourth-order valence-electron chi connectivity index (χ4n) is 1.55. The predicted octanol–water partition coefficient (Wildman–Crippen LogP) is 1.67. The highest BCUT2D eigenvalue weighted by Crippen LogP contribution is 2.20. The third kappa shape index (κ3) is 2.86. The lowest BCUT2D eigenvalue weighted by Gasteiger charge is -2.09. The van der Waals surface area contributed by atoms with Crippen LogP contribution in [0.3, 0.4) is 0 Å². The molecule has 0 atom stereocenters. The highest BCUT2D eigenvalue weighted by molar-refractivity contribution is 6.06. The first-order chi connectivity index (χ1) is 9.11. The van der Waals surface area contributed by atoms with Gasteiger partial charge in [-0.1, -0.05) is 0 Å². The van der Waals surface area contributed by atoms with Gasteiger partial charge in [-0.25, -0.2) is 4.39 Å². The van der Waals surface area contributed by atoms with E-state index in [0.29, 0.717) is 11.3 Å². The number of pyridine rings is 1. The smallest absolute Gasteiger partial charge is 0.259 e. The van der Waals surface area contributed by atoms with Crippen molar-refractivity contribution in [3.8, 4) is 5.75 Å². The summed E-state index contributed by atoms with van der Waals surface area (Å²) in [5.41, 5.74) is 0.589. The number of rotatable bonds is 3. The van der Waals surface area contributed by atoms with Crippen molar-refractivity contribution < 1.29 is 19.4 Å². The molecule has 0 saturated heterocycles. The first-order valence-corrected chi connectivity index (χ1v) is 5.45. The zero-order valence-corrected chi connectivity index (χ0v) is 9.80.